The molecule has 39 heavy (non-hydrogen) atoms. The molecule has 0 amide bonds. The molecule has 1 unspecified atom stereocenters. The van der Waals surface area contributed by atoms with Crippen molar-refractivity contribution in [2.45, 2.75) is 51.0 Å². The summed E-state index contributed by atoms with van der Waals surface area (Å²) in [6, 6.07) is 10.2. The van der Waals surface area contributed by atoms with Crippen molar-refractivity contribution in [2.24, 2.45) is 0 Å². The minimum absolute atomic E-state index is 0.0815. The highest BCUT2D eigenvalue weighted by Gasteiger charge is 2.32. The van der Waals surface area contributed by atoms with Gasteiger partial charge in [0.25, 0.3) is 0 Å². The van der Waals surface area contributed by atoms with Crippen molar-refractivity contribution < 1.29 is 18.0 Å². The molecule has 2 aromatic carbocycles. The van der Waals surface area contributed by atoms with Crippen LogP contribution in [-0.4, -0.2) is 65.3 Å². The molecule has 1 aromatic heterocycles. The minimum Gasteiger partial charge on any atom is -0.364 e. The maximum Gasteiger partial charge on any atom is 0.416 e. The van der Waals surface area contributed by atoms with Gasteiger partial charge >= 0.3 is 6.18 Å². The molecule has 3 heterocycles. The molecule has 1 fully saturated rings. The third-order valence-corrected chi connectivity index (χ3v) is 7.89. The summed E-state index contributed by atoms with van der Waals surface area (Å²) in [5.74, 6) is 0.0616. The maximum atomic E-state index is 13.8. The summed E-state index contributed by atoms with van der Waals surface area (Å²) in [4.78, 5) is 28.1. The number of alkyl halides is 3. The Kier molecular flexibility index (Phi) is 7.73. The summed E-state index contributed by atoms with van der Waals surface area (Å²) in [7, 11) is 4.05. The van der Waals surface area contributed by atoms with Crippen molar-refractivity contribution in [3.63, 3.8) is 0 Å². The number of anilines is 1. The minimum atomic E-state index is -4.47. The predicted molar refractivity (Wildman–Crippen MR) is 145 cm³/mol. The van der Waals surface area contributed by atoms with Gasteiger partial charge in [0, 0.05) is 50.7 Å². The van der Waals surface area contributed by atoms with Crippen LogP contribution in [0, 0.1) is 0 Å². The molecule has 6 nitrogen and oxygen atoms in total. The molecule has 2 aliphatic heterocycles. The Morgan fingerprint density at radius 3 is 2.49 bits per heavy atom. The number of hydrogen-bond acceptors (Lipinski definition) is 6. The van der Waals surface area contributed by atoms with Gasteiger partial charge in [-0.3, -0.25) is 9.69 Å². The molecular formula is C30H34F3N5O. The number of likely N-dealkylation sites (N-methyl/N-ethyl adjacent to an activating group) is 1. The van der Waals surface area contributed by atoms with Gasteiger partial charge in [-0.25, -0.2) is 9.97 Å². The van der Waals surface area contributed by atoms with Crippen LogP contribution in [0.2, 0.25) is 0 Å². The first-order chi connectivity index (χ1) is 18.6. The van der Waals surface area contributed by atoms with E-state index in [4.69, 9.17) is 0 Å². The lowest BCUT2D eigenvalue weighted by Crippen LogP contribution is -2.33. The van der Waals surface area contributed by atoms with E-state index in [1.54, 1.807) is 24.5 Å². The number of carbonyl (C=O) groups excluding carboxylic acids is 1. The summed E-state index contributed by atoms with van der Waals surface area (Å²) in [5.41, 5.74) is 3.93. The molecule has 0 spiro atoms. The average Bonchev–Trinajstić information content (AvgIpc) is 3.37. The lowest BCUT2D eigenvalue weighted by molar-refractivity contribution is -0.137. The van der Waals surface area contributed by atoms with Crippen LogP contribution in [0.15, 0.2) is 55.1 Å². The first kappa shape index (κ1) is 27.3. The third-order valence-electron chi connectivity index (χ3n) is 7.89. The van der Waals surface area contributed by atoms with Gasteiger partial charge in [-0.2, -0.15) is 13.2 Å². The number of halogens is 3. The zero-order chi connectivity index (χ0) is 27.7. The number of aromatic nitrogens is 2. The zero-order valence-electron chi connectivity index (χ0n) is 22.6. The number of rotatable bonds is 7. The van der Waals surface area contributed by atoms with Gasteiger partial charge < -0.3 is 9.80 Å². The first-order valence-corrected chi connectivity index (χ1v) is 13.3. The second kappa shape index (κ2) is 11.1. The monoisotopic (exact) mass is 537 g/mol. The van der Waals surface area contributed by atoms with Crippen LogP contribution >= 0.6 is 0 Å². The SMILES string of the molecule is CC1CN(c2cncnc2)Cc2cc(C(=O)Cc3cc(CN4CC[C@@H](N(C)C)C4)cc(C(F)(F)F)c3)ccc21. The van der Waals surface area contributed by atoms with Gasteiger partial charge in [0.1, 0.15) is 6.33 Å². The van der Waals surface area contributed by atoms with E-state index in [9.17, 15) is 18.0 Å². The van der Waals surface area contributed by atoms with Crippen molar-refractivity contribution in [1.29, 1.82) is 0 Å². The average molecular weight is 538 g/mol. The fraction of sp³-hybridized carbons (Fsp3) is 0.433. The van der Waals surface area contributed by atoms with Crippen molar-refractivity contribution in [1.82, 2.24) is 19.8 Å². The zero-order valence-corrected chi connectivity index (χ0v) is 22.6. The van der Waals surface area contributed by atoms with E-state index in [1.165, 1.54) is 18.0 Å². The number of nitrogens with zero attached hydrogens (tertiary/aromatic N) is 5. The fourth-order valence-corrected chi connectivity index (χ4v) is 5.79. The van der Waals surface area contributed by atoms with Crippen LogP contribution < -0.4 is 4.90 Å². The molecule has 0 bridgehead atoms. The Morgan fingerprint density at radius 1 is 1.05 bits per heavy atom. The lowest BCUT2D eigenvalue weighted by atomic mass is 9.88. The summed E-state index contributed by atoms with van der Waals surface area (Å²) < 4.78 is 41.3. The van der Waals surface area contributed by atoms with Gasteiger partial charge in [-0.15, -0.1) is 0 Å². The molecule has 5 rings (SSSR count). The van der Waals surface area contributed by atoms with E-state index in [0.717, 1.165) is 43.4 Å². The lowest BCUT2D eigenvalue weighted by Gasteiger charge is -2.34. The quantitative estimate of drug-likeness (QED) is 0.387. The Balaban J connectivity index is 1.35. The van der Waals surface area contributed by atoms with Crippen molar-refractivity contribution in [2.75, 3.05) is 38.6 Å². The Morgan fingerprint density at radius 2 is 1.79 bits per heavy atom. The highest BCUT2D eigenvalue weighted by atomic mass is 19.4. The second-order valence-electron chi connectivity index (χ2n) is 11.1. The Labute approximate surface area is 227 Å². The van der Waals surface area contributed by atoms with Crippen LogP contribution in [0.4, 0.5) is 18.9 Å². The number of carbonyl (C=O) groups is 1. The standard InChI is InChI=1S/C30H34F3N5O/c1-20-15-38(27-13-34-19-35-14-27)17-24-12-23(4-5-28(20)24)29(39)11-21-8-22(10-25(9-21)30(31,32)33)16-37-7-6-26(18-37)36(2)3/h4-5,8-10,12-14,19-20,26H,6-7,11,15-18H2,1-3H3/t20?,26-/m1/s1. The molecule has 0 saturated carbocycles. The van der Waals surface area contributed by atoms with Gasteiger partial charge in [0.15, 0.2) is 5.78 Å². The summed E-state index contributed by atoms with van der Waals surface area (Å²) >= 11 is 0. The van der Waals surface area contributed by atoms with E-state index < -0.39 is 11.7 Å². The Bertz CT molecular complexity index is 1330. The molecule has 0 aliphatic carbocycles. The highest BCUT2D eigenvalue weighted by Crippen LogP contribution is 2.33. The van der Waals surface area contributed by atoms with E-state index in [1.807, 2.05) is 26.2 Å². The second-order valence-corrected chi connectivity index (χ2v) is 11.1. The number of ketones is 1. The summed E-state index contributed by atoms with van der Waals surface area (Å²) in [6.07, 6.45) is 1.47. The first-order valence-electron chi connectivity index (χ1n) is 13.3. The normalized spacial score (nSPS) is 19.9. The van der Waals surface area contributed by atoms with Gasteiger partial charge in [0.05, 0.1) is 23.6 Å². The van der Waals surface area contributed by atoms with Crippen LogP contribution in [0.1, 0.15) is 57.4 Å². The molecule has 1 saturated heterocycles. The summed E-state index contributed by atoms with van der Waals surface area (Å²) in [6.45, 7) is 5.66. The maximum absolute atomic E-state index is 13.8. The largest absolute Gasteiger partial charge is 0.416 e. The number of benzene rings is 2. The molecule has 3 aromatic rings. The number of hydrogen-bond donors (Lipinski definition) is 0. The molecule has 2 aliphatic rings. The number of Topliss-reactive ketones (excluding diaryl/α,β-unsaturated/α-hetero) is 1. The number of fused-ring (bicyclic) bond motifs is 1. The van der Waals surface area contributed by atoms with Gasteiger partial charge in [-0.1, -0.05) is 25.1 Å². The van der Waals surface area contributed by atoms with Crippen molar-refractivity contribution in [3.8, 4) is 0 Å². The van der Waals surface area contributed by atoms with Gasteiger partial charge in [0.2, 0.25) is 0 Å². The smallest absolute Gasteiger partial charge is 0.364 e. The molecular weight excluding hydrogens is 503 g/mol. The van der Waals surface area contributed by atoms with E-state index in [-0.39, 0.29) is 18.1 Å². The van der Waals surface area contributed by atoms with E-state index in [0.29, 0.717) is 35.8 Å². The van der Waals surface area contributed by atoms with Crippen LogP contribution in [0.5, 0.6) is 0 Å². The molecule has 9 heteroatoms. The third kappa shape index (κ3) is 6.31. The van der Waals surface area contributed by atoms with E-state index >= 15 is 0 Å². The van der Waals surface area contributed by atoms with Crippen molar-refractivity contribution in [3.05, 3.63) is 88.5 Å². The van der Waals surface area contributed by atoms with Crippen LogP contribution in [-0.2, 0) is 25.7 Å². The van der Waals surface area contributed by atoms with Crippen molar-refractivity contribution >= 4 is 11.5 Å². The van der Waals surface area contributed by atoms with Crippen LogP contribution in [0.25, 0.3) is 0 Å². The summed E-state index contributed by atoms with van der Waals surface area (Å²) in [5, 5.41) is 0. The molecule has 0 N–H and O–H groups in total. The number of likely N-dealkylation sites (tertiary alicyclic amines) is 1. The molecule has 0 radical (unpaired) electrons. The molecule has 206 valence electrons. The highest BCUT2D eigenvalue weighted by molar-refractivity contribution is 5.97. The van der Waals surface area contributed by atoms with Crippen LogP contribution in [0.3, 0.4) is 0 Å². The van der Waals surface area contributed by atoms with E-state index in [2.05, 4.69) is 31.6 Å². The topological polar surface area (TPSA) is 52.6 Å². The Hall–Kier alpha value is -3.30. The van der Waals surface area contributed by atoms with Gasteiger partial charge in [-0.05, 0) is 66.9 Å². The predicted octanol–water partition coefficient (Wildman–Crippen LogP) is 5.18. The fourth-order valence-electron chi connectivity index (χ4n) is 5.79. The molecule has 2 atom stereocenters.